The van der Waals surface area contributed by atoms with Crippen molar-refractivity contribution in [1.29, 1.82) is 5.26 Å². The van der Waals surface area contributed by atoms with Crippen molar-refractivity contribution in [1.82, 2.24) is 0 Å². The molecule has 122 valence electrons. The van der Waals surface area contributed by atoms with Gasteiger partial charge in [-0.05, 0) is 42.0 Å². The number of benzene rings is 2. The number of hydrogen-bond donors (Lipinski definition) is 0. The lowest BCUT2D eigenvalue weighted by atomic mass is 10.1. The van der Waals surface area contributed by atoms with Crippen molar-refractivity contribution in [3.63, 3.8) is 0 Å². The van der Waals surface area contributed by atoms with Crippen molar-refractivity contribution in [2.75, 3.05) is 0 Å². The van der Waals surface area contributed by atoms with Crippen molar-refractivity contribution >= 4 is 28.9 Å². The van der Waals surface area contributed by atoms with Crippen LogP contribution in [-0.2, 0) is 0 Å². The predicted molar refractivity (Wildman–Crippen MR) is 95.7 cm³/mol. The zero-order chi connectivity index (χ0) is 17.8. The van der Waals surface area contributed by atoms with Crippen molar-refractivity contribution in [2.24, 2.45) is 0 Å². The Morgan fingerprint density at radius 1 is 1.12 bits per heavy atom. The summed E-state index contributed by atoms with van der Waals surface area (Å²) in [7, 11) is 0. The van der Waals surface area contributed by atoms with Gasteiger partial charge in [0.1, 0.15) is 11.5 Å². The van der Waals surface area contributed by atoms with Gasteiger partial charge in [-0.2, -0.15) is 5.26 Å². The zero-order valence-electron chi connectivity index (χ0n) is 12.8. The molecule has 0 aliphatic rings. The molecule has 0 unspecified atom stereocenters. The normalized spacial score (nSPS) is 11.1. The largest absolute Gasteiger partial charge is 0.456 e. The van der Waals surface area contributed by atoms with Crippen molar-refractivity contribution < 1.29 is 9.34 Å². The highest BCUT2D eigenvalue weighted by atomic mass is 35.5. The third-order valence-electron chi connectivity index (χ3n) is 3.56. The molecule has 0 bridgehead atoms. The van der Waals surface area contributed by atoms with E-state index in [1.165, 1.54) is 6.07 Å². The molecule has 0 atom stereocenters. The third-order valence-corrected chi connectivity index (χ3v) is 3.81. The van der Waals surface area contributed by atoms with E-state index in [0.717, 1.165) is 0 Å². The Hall–Kier alpha value is -3.36. The summed E-state index contributed by atoms with van der Waals surface area (Å²) in [6.45, 7) is 0. The van der Waals surface area contributed by atoms with Gasteiger partial charge in [0.05, 0.1) is 22.1 Å². The van der Waals surface area contributed by atoms with E-state index >= 15 is 0 Å². The van der Waals surface area contributed by atoms with E-state index in [1.54, 1.807) is 60.7 Å². The molecule has 0 saturated heterocycles. The van der Waals surface area contributed by atoms with Gasteiger partial charge >= 0.3 is 0 Å². The first-order valence-electron chi connectivity index (χ1n) is 7.30. The molecule has 3 aromatic rings. The molecule has 1 heterocycles. The van der Waals surface area contributed by atoms with E-state index in [1.807, 2.05) is 0 Å². The second-order valence-corrected chi connectivity index (χ2v) is 5.59. The highest BCUT2D eigenvalue weighted by molar-refractivity contribution is 6.30. The minimum Gasteiger partial charge on any atom is -0.456 e. The lowest BCUT2D eigenvalue weighted by molar-refractivity contribution is -0.384. The summed E-state index contributed by atoms with van der Waals surface area (Å²) in [5.74, 6) is 0.798. The second-order valence-electron chi connectivity index (χ2n) is 5.15. The van der Waals surface area contributed by atoms with Gasteiger partial charge < -0.3 is 4.42 Å². The number of hydrogen-bond acceptors (Lipinski definition) is 4. The molecular weight excluding hydrogens is 340 g/mol. The SMILES string of the molecule is N#C/C(=C/c1ccc(-c2ccccc2[N+](=O)[O-])o1)c1ccc(Cl)cc1. The second kappa shape index (κ2) is 7.04. The first kappa shape index (κ1) is 16.5. The number of furan rings is 1. The Balaban J connectivity index is 1.98. The maximum Gasteiger partial charge on any atom is 0.280 e. The standard InChI is InChI=1S/C19H11ClN2O3/c20-15-7-5-13(6-8-15)14(12-21)11-16-9-10-19(25-16)17-3-1-2-4-18(17)22(23)24/h1-11H/b14-11-. The van der Waals surface area contributed by atoms with E-state index in [0.29, 0.717) is 33.2 Å². The van der Waals surface area contributed by atoms with Gasteiger partial charge in [-0.15, -0.1) is 0 Å². The Kier molecular flexibility index (Phi) is 4.64. The quantitative estimate of drug-likeness (QED) is 0.350. The van der Waals surface area contributed by atoms with E-state index in [4.69, 9.17) is 16.0 Å². The lowest BCUT2D eigenvalue weighted by Crippen LogP contribution is -1.90. The molecule has 0 aliphatic carbocycles. The minimum absolute atomic E-state index is 0.0365. The minimum atomic E-state index is -0.457. The van der Waals surface area contributed by atoms with Crippen molar-refractivity contribution in [2.45, 2.75) is 0 Å². The van der Waals surface area contributed by atoms with Gasteiger partial charge in [0.15, 0.2) is 0 Å². The molecule has 3 rings (SSSR count). The Morgan fingerprint density at radius 2 is 1.84 bits per heavy atom. The number of allylic oxidation sites excluding steroid dienone is 1. The molecule has 0 radical (unpaired) electrons. The van der Waals surface area contributed by atoms with E-state index in [-0.39, 0.29) is 5.69 Å². The van der Waals surface area contributed by atoms with Crippen LogP contribution in [0.15, 0.2) is 65.1 Å². The van der Waals surface area contributed by atoms with Crippen LogP contribution in [-0.4, -0.2) is 4.92 Å². The van der Waals surface area contributed by atoms with Crippen LogP contribution in [0.2, 0.25) is 5.02 Å². The number of halogens is 1. The maximum atomic E-state index is 11.1. The fourth-order valence-corrected chi connectivity index (χ4v) is 2.49. The van der Waals surface area contributed by atoms with Crippen LogP contribution in [0.4, 0.5) is 5.69 Å². The summed E-state index contributed by atoms with van der Waals surface area (Å²) in [5, 5.41) is 21.1. The summed E-state index contributed by atoms with van der Waals surface area (Å²) in [6, 6.07) is 18.6. The van der Waals surface area contributed by atoms with E-state index in [9.17, 15) is 15.4 Å². The number of para-hydroxylation sites is 1. The molecule has 0 aliphatic heterocycles. The summed E-state index contributed by atoms with van der Waals surface area (Å²) >= 11 is 5.86. The molecule has 0 saturated carbocycles. The van der Waals surface area contributed by atoms with E-state index < -0.39 is 4.92 Å². The highest BCUT2D eigenvalue weighted by Crippen LogP contribution is 2.31. The number of nitriles is 1. The summed E-state index contributed by atoms with van der Waals surface area (Å²) in [4.78, 5) is 10.7. The Bertz CT molecular complexity index is 998. The maximum absolute atomic E-state index is 11.1. The topological polar surface area (TPSA) is 80.1 Å². The van der Waals surface area contributed by atoms with Crippen LogP contribution in [0.5, 0.6) is 0 Å². The van der Waals surface area contributed by atoms with Crippen LogP contribution < -0.4 is 0 Å². The number of nitro groups is 1. The fraction of sp³-hybridized carbons (Fsp3) is 0. The third kappa shape index (κ3) is 3.60. The van der Waals surface area contributed by atoms with Crippen LogP contribution >= 0.6 is 11.6 Å². The highest BCUT2D eigenvalue weighted by Gasteiger charge is 2.17. The molecule has 25 heavy (non-hydrogen) atoms. The van der Waals surface area contributed by atoms with Crippen LogP contribution in [0.1, 0.15) is 11.3 Å². The van der Waals surface area contributed by atoms with Crippen molar-refractivity contribution in [3.05, 3.63) is 87.1 Å². The van der Waals surface area contributed by atoms with Gasteiger partial charge in [-0.25, -0.2) is 0 Å². The first-order chi connectivity index (χ1) is 12.1. The van der Waals surface area contributed by atoms with Gasteiger partial charge in [-0.1, -0.05) is 35.9 Å². The van der Waals surface area contributed by atoms with Crippen LogP contribution in [0.3, 0.4) is 0 Å². The molecule has 0 amide bonds. The molecule has 1 aromatic heterocycles. The lowest BCUT2D eigenvalue weighted by Gasteiger charge is -2.00. The first-order valence-corrected chi connectivity index (χ1v) is 7.67. The molecule has 2 aromatic carbocycles. The monoisotopic (exact) mass is 350 g/mol. The van der Waals surface area contributed by atoms with Gasteiger partial charge in [0.25, 0.3) is 5.69 Å². The molecule has 6 heteroatoms. The summed E-state index contributed by atoms with van der Waals surface area (Å²) < 4.78 is 5.68. The smallest absolute Gasteiger partial charge is 0.280 e. The Labute approximate surface area is 148 Å². The molecule has 0 spiro atoms. The van der Waals surface area contributed by atoms with Crippen LogP contribution in [0.25, 0.3) is 23.0 Å². The summed E-state index contributed by atoms with van der Waals surface area (Å²) in [6.07, 6.45) is 1.58. The van der Waals surface area contributed by atoms with Crippen LogP contribution in [0, 0.1) is 21.4 Å². The molecule has 0 N–H and O–H groups in total. The summed E-state index contributed by atoms with van der Waals surface area (Å²) in [5.41, 5.74) is 1.46. The van der Waals surface area contributed by atoms with Crippen molar-refractivity contribution in [3.8, 4) is 17.4 Å². The predicted octanol–water partition coefficient (Wildman–Crippen LogP) is 5.57. The number of nitrogens with zero attached hydrogens (tertiary/aromatic N) is 2. The fourth-order valence-electron chi connectivity index (χ4n) is 2.37. The van der Waals surface area contributed by atoms with Gasteiger partial charge in [-0.3, -0.25) is 10.1 Å². The number of nitro benzene ring substituents is 1. The molecule has 0 fully saturated rings. The van der Waals surface area contributed by atoms with Gasteiger partial charge in [0, 0.05) is 11.1 Å². The molecule has 5 nitrogen and oxygen atoms in total. The van der Waals surface area contributed by atoms with Gasteiger partial charge in [0.2, 0.25) is 0 Å². The number of rotatable bonds is 4. The molecular formula is C19H11ClN2O3. The Morgan fingerprint density at radius 3 is 2.52 bits per heavy atom. The average molecular weight is 351 g/mol. The zero-order valence-corrected chi connectivity index (χ0v) is 13.6. The average Bonchev–Trinajstić information content (AvgIpc) is 3.09. The van der Waals surface area contributed by atoms with E-state index in [2.05, 4.69) is 6.07 Å².